The third-order valence-electron chi connectivity index (χ3n) is 4.68. The Bertz CT molecular complexity index is 808. The number of amides is 1. The second-order valence-corrected chi connectivity index (χ2v) is 6.64. The molecule has 0 bridgehead atoms. The minimum Gasteiger partial charge on any atom is -0.468 e. The molecular weight excluding hydrogens is 332 g/mol. The summed E-state index contributed by atoms with van der Waals surface area (Å²) in [6.07, 6.45) is 0.770. The highest BCUT2D eigenvalue weighted by Crippen LogP contribution is 2.29. The minimum absolute atomic E-state index is 0.151. The van der Waals surface area contributed by atoms with Gasteiger partial charge in [-0.2, -0.15) is 0 Å². The smallest absolute Gasteiger partial charge is 0.325 e. The van der Waals surface area contributed by atoms with Crippen molar-refractivity contribution in [3.05, 3.63) is 58.0 Å². The zero-order valence-corrected chi connectivity index (χ0v) is 15.4. The van der Waals surface area contributed by atoms with Gasteiger partial charge in [0.15, 0.2) is 0 Å². The van der Waals surface area contributed by atoms with Gasteiger partial charge in [-0.1, -0.05) is 29.8 Å². The van der Waals surface area contributed by atoms with Crippen LogP contribution in [0.3, 0.4) is 0 Å². The molecule has 0 saturated carbocycles. The molecule has 2 aromatic rings. The Morgan fingerprint density at radius 3 is 2.65 bits per heavy atom. The highest BCUT2D eigenvalue weighted by molar-refractivity contribution is 5.98. The molecule has 0 atom stereocenters. The first kappa shape index (κ1) is 18.2. The molecule has 1 aliphatic heterocycles. The van der Waals surface area contributed by atoms with Crippen molar-refractivity contribution in [3.8, 4) is 0 Å². The van der Waals surface area contributed by atoms with E-state index in [2.05, 4.69) is 46.1 Å². The number of carbonyl (C=O) groups excluding carboxylic acids is 2. The van der Waals surface area contributed by atoms with Crippen LogP contribution in [0.1, 0.15) is 38.6 Å². The van der Waals surface area contributed by atoms with Gasteiger partial charge in [-0.3, -0.25) is 14.5 Å². The lowest BCUT2D eigenvalue weighted by Gasteiger charge is -2.26. The summed E-state index contributed by atoms with van der Waals surface area (Å²) in [6.45, 7) is 6.08. The molecule has 1 N–H and O–H groups in total. The molecule has 0 saturated heterocycles. The molecule has 3 rings (SSSR count). The Morgan fingerprint density at radius 2 is 1.96 bits per heavy atom. The number of aryl methyl sites for hydroxylation is 2. The van der Waals surface area contributed by atoms with Crippen molar-refractivity contribution in [2.75, 3.05) is 20.2 Å². The molecule has 26 heavy (non-hydrogen) atoms. The monoisotopic (exact) mass is 356 g/mol. The maximum Gasteiger partial charge on any atom is 0.325 e. The van der Waals surface area contributed by atoms with Crippen molar-refractivity contribution >= 4 is 11.9 Å². The topological polar surface area (TPSA) is 71.8 Å². The molecular formula is C20H24N2O4. The Balaban J connectivity index is 1.73. The molecule has 0 spiro atoms. The van der Waals surface area contributed by atoms with Gasteiger partial charge in [-0.25, -0.2) is 0 Å². The molecule has 1 aromatic heterocycles. The van der Waals surface area contributed by atoms with Crippen LogP contribution >= 0.6 is 0 Å². The third kappa shape index (κ3) is 3.96. The summed E-state index contributed by atoms with van der Waals surface area (Å²) in [7, 11) is 1.29. The van der Waals surface area contributed by atoms with Crippen LogP contribution in [-0.4, -0.2) is 37.0 Å². The van der Waals surface area contributed by atoms with Gasteiger partial charge in [-0.15, -0.1) is 0 Å². The molecule has 6 heteroatoms. The number of esters is 1. The number of nitrogens with one attached hydrogen (secondary N) is 1. The number of methoxy groups -OCH3 is 1. The summed E-state index contributed by atoms with van der Waals surface area (Å²) in [6, 6.07) is 8.49. The van der Waals surface area contributed by atoms with Gasteiger partial charge >= 0.3 is 5.97 Å². The number of hydrogen-bond donors (Lipinski definition) is 1. The quantitative estimate of drug-likeness (QED) is 0.833. The predicted octanol–water partition coefficient (Wildman–Crippen LogP) is 2.36. The average Bonchev–Trinajstić information content (AvgIpc) is 2.96. The van der Waals surface area contributed by atoms with E-state index in [4.69, 9.17) is 4.42 Å². The van der Waals surface area contributed by atoms with E-state index >= 15 is 0 Å². The standard InChI is InChI=1S/C20H24N2O4/c1-13-4-6-15(7-5-13)11-22-9-8-17-16(12-22)19(14(2)26-17)20(24)21-10-18(23)25-3/h4-7H,8-12H2,1-3H3,(H,21,24). The largest absolute Gasteiger partial charge is 0.468 e. The van der Waals surface area contributed by atoms with E-state index in [9.17, 15) is 9.59 Å². The number of benzene rings is 1. The van der Waals surface area contributed by atoms with E-state index in [0.717, 1.165) is 30.8 Å². The van der Waals surface area contributed by atoms with Crippen LogP contribution in [0, 0.1) is 13.8 Å². The van der Waals surface area contributed by atoms with Gasteiger partial charge in [0.05, 0.1) is 12.7 Å². The van der Waals surface area contributed by atoms with E-state index in [0.29, 0.717) is 17.9 Å². The van der Waals surface area contributed by atoms with E-state index in [1.165, 1.54) is 18.2 Å². The summed E-state index contributed by atoms with van der Waals surface area (Å²) >= 11 is 0. The Morgan fingerprint density at radius 1 is 1.23 bits per heavy atom. The molecule has 0 unspecified atom stereocenters. The SMILES string of the molecule is COC(=O)CNC(=O)c1c(C)oc2c1CN(Cc1ccc(C)cc1)CC2. The molecule has 0 fully saturated rings. The van der Waals surface area contributed by atoms with Crippen molar-refractivity contribution < 1.29 is 18.7 Å². The van der Waals surface area contributed by atoms with Gasteiger partial charge in [0.2, 0.25) is 0 Å². The molecule has 1 aromatic carbocycles. The third-order valence-corrected chi connectivity index (χ3v) is 4.68. The second kappa shape index (κ2) is 7.74. The Kier molecular flexibility index (Phi) is 5.42. The number of hydrogen-bond acceptors (Lipinski definition) is 5. The number of furan rings is 1. The number of rotatable bonds is 5. The van der Waals surface area contributed by atoms with Crippen molar-refractivity contribution in [1.29, 1.82) is 0 Å². The summed E-state index contributed by atoms with van der Waals surface area (Å²) in [5, 5.41) is 2.61. The van der Waals surface area contributed by atoms with Crippen LogP contribution in [-0.2, 0) is 29.0 Å². The molecule has 2 heterocycles. The molecule has 0 radical (unpaired) electrons. The molecule has 1 aliphatic rings. The molecule has 138 valence electrons. The van der Waals surface area contributed by atoms with Crippen LogP contribution in [0.25, 0.3) is 0 Å². The van der Waals surface area contributed by atoms with Crippen LogP contribution in [0.2, 0.25) is 0 Å². The summed E-state index contributed by atoms with van der Waals surface area (Å²) in [5.74, 6) is 0.685. The highest BCUT2D eigenvalue weighted by atomic mass is 16.5. The van der Waals surface area contributed by atoms with Gasteiger partial charge in [-0.05, 0) is 19.4 Å². The Labute approximate surface area is 153 Å². The van der Waals surface area contributed by atoms with E-state index in [1.807, 2.05) is 0 Å². The number of fused-ring (bicyclic) bond motifs is 1. The normalized spacial score (nSPS) is 14.0. The van der Waals surface area contributed by atoms with E-state index < -0.39 is 5.97 Å². The lowest BCUT2D eigenvalue weighted by Crippen LogP contribution is -2.33. The van der Waals surface area contributed by atoms with Crippen LogP contribution in [0.4, 0.5) is 0 Å². The summed E-state index contributed by atoms with van der Waals surface area (Å²) in [4.78, 5) is 26.1. The van der Waals surface area contributed by atoms with Gasteiger partial charge in [0.25, 0.3) is 5.91 Å². The summed E-state index contributed by atoms with van der Waals surface area (Å²) in [5.41, 5.74) is 3.95. The summed E-state index contributed by atoms with van der Waals surface area (Å²) < 4.78 is 10.4. The maximum absolute atomic E-state index is 12.5. The lowest BCUT2D eigenvalue weighted by atomic mass is 10.0. The van der Waals surface area contributed by atoms with Gasteiger partial charge < -0.3 is 14.5 Å². The molecule has 1 amide bonds. The average molecular weight is 356 g/mol. The fourth-order valence-corrected chi connectivity index (χ4v) is 3.28. The van der Waals surface area contributed by atoms with Crippen LogP contribution in [0.5, 0.6) is 0 Å². The fraction of sp³-hybridized carbons (Fsp3) is 0.400. The first-order valence-corrected chi connectivity index (χ1v) is 8.72. The highest BCUT2D eigenvalue weighted by Gasteiger charge is 2.28. The number of carbonyl (C=O) groups is 2. The zero-order valence-electron chi connectivity index (χ0n) is 15.4. The molecule has 0 aliphatic carbocycles. The predicted molar refractivity (Wildman–Crippen MR) is 96.8 cm³/mol. The van der Waals surface area contributed by atoms with Gasteiger partial charge in [0.1, 0.15) is 18.1 Å². The van der Waals surface area contributed by atoms with Crippen molar-refractivity contribution in [3.63, 3.8) is 0 Å². The Hall–Kier alpha value is -2.60. The zero-order chi connectivity index (χ0) is 18.7. The van der Waals surface area contributed by atoms with Crippen molar-refractivity contribution in [1.82, 2.24) is 10.2 Å². The van der Waals surface area contributed by atoms with Gasteiger partial charge in [0, 0.05) is 31.6 Å². The van der Waals surface area contributed by atoms with Crippen LogP contribution < -0.4 is 5.32 Å². The fourth-order valence-electron chi connectivity index (χ4n) is 3.28. The number of nitrogens with zero attached hydrogens (tertiary/aromatic N) is 1. The van der Waals surface area contributed by atoms with Crippen molar-refractivity contribution in [2.45, 2.75) is 33.4 Å². The first-order valence-electron chi connectivity index (χ1n) is 8.72. The van der Waals surface area contributed by atoms with Crippen molar-refractivity contribution in [2.24, 2.45) is 0 Å². The molecule has 6 nitrogen and oxygen atoms in total. The maximum atomic E-state index is 12.5. The van der Waals surface area contributed by atoms with E-state index in [1.54, 1.807) is 6.92 Å². The minimum atomic E-state index is -0.477. The first-order chi connectivity index (χ1) is 12.5. The second-order valence-electron chi connectivity index (χ2n) is 6.64. The van der Waals surface area contributed by atoms with Crippen LogP contribution in [0.15, 0.2) is 28.7 Å². The lowest BCUT2D eigenvalue weighted by molar-refractivity contribution is -0.139. The van der Waals surface area contributed by atoms with E-state index in [-0.39, 0.29) is 12.5 Å². The number of ether oxygens (including phenoxy) is 1.